The molecule has 6 heteroatoms. The van der Waals surface area contributed by atoms with Crippen LogP contribution < -0.4 is 10.2 Å². The van der Waals surface area contributed by atoms with Gasteiger partial charge in [-0.15, -0.1) is 10.2 Å². The van der Waals surface area contributed by atoms with Gasteiger partial charge in [0.2, 0.25) is 5.95 Å². The Morgan fingerprint density at radius 2 is 2.28 bits per heavy atom. The number of nitrogens with one attached hydrogen (secondary N) is 1. The number of anilines is 1. The third-order valence-electron chi connectivity index (χ3n) is 4.00. The summed E-state index contributed by atoms with van der Waals surface area (Å²) in [4.78, 5) is 6.51. The predicted octanol–water partition coefficient (Wildman–Crippen LogP) is 1.74. The van der Waals surface area contributed by atoms with Gasteiger partial charge in [-0.05, 0) is 48.5 Å². The van der Waals surface area contributed by atoms with Gasteiger partial charge in [0, 0.05) is 24.7 Å². The third-order valence-corrected chi connectivity index (χ3v) is 4.37. The lowest BCUT2D eigenvalue weighted by molar-refractivity contribution is 0.189. The smallest absolute Gasteiger partial charge is 0.245 e. The first kappa shape index (κ1) is 12.3. The summed E-state index contributed by atoms with van der Waals surface area (Å²) >= 11 is 3.26. The fourth-order valence-corrected chi connectivity index (χ4v) is 2.99. The molecule has 3 rings (SSSR count). The van der Waals surface area contributed by atoms with Crippen molar-refractivity contribution in [3.63, 3.8) is 0 Å². The number of nitrogens with zero attached hydrogens (tertiary/aromatic N) is 4. The van der Waals surface area contributed by atoms with E-state index in [-0.39, 0.29) is 0 Å². The van der Waals surface area contributed by atoms with Crippen molar-refractivity contribution in [2.75, 3.05) is 18.0 Å². The van der Waals surface area contributed by atoms with E-state index in [0.29, 0.717) is 16.2 Å². The molecule has 1 aromatic rings. The van der Waals surface area contributed by atoms with Crippen LogP contribution in [0.25, 0.3) is 0 Å². The van der Waals surface area contributed by atoms with E-state index in [1.54, 1.807) is 6.20 Å². The molecule has 1 atom stereocenters. The molecule has 18 heavy (non-hydrogen) atoms. The van der Waals surface area contributed by atoms with Crippen LogP contribution in [0.15, 0.2) is 10.8 Å². The van der Waals surface area contributed by atoms with Crippen LogP contribution in [0.4, 0.5) is 5.95 Å². The van der Waals surface area contributed by atoms with E-state index >= 15 is 0 Å². The van der Waals surface area contributed by atoms with Crippen molar-refractivity contribution in [2.24, 2.45) is 0 Å². The summed E-state index contributed by atoms with van der Waals surface area (Å²) in [5.74, 6) is 0.737. The topological polar surface area (TPSA) is 53.9 Å². The Morgan fingerprint density at radius 3 is 2.89 bits per heavy atom. The van der Waals surface area contributed by atoms with Gasteiger partial charge in [-0.3, -0.25) is 0 Å². The van der Waals surface area contributed by atoms with Crippen molar-refractivity contribution in [1.82, 2.24) is 20.5 Å². The van der Waals surface area contributed by atoms with E-state index in [1.807, 2.05) is 0 Å². The zero-order valence-corrected chi connectivity index (χ0v) is 12.2. The van der Waals surface area contributed by atoms with E-state index in [2.05, 4.69) is 48.3 Å². The maximum Gasteiger partial charge on any atom is 0.245 e. The molecular weight excluding hydrogens is 294 g/mol. The molecule has 0 bridgehead atoms. The summed E-state index contributed by atoms with van der Waals surface area (Å²) in [5, 5.41) is 11.9. The Bertz CT molecular complexity index is 417. The standard InChI is InChI=1S/C12H18BrN5/c1-12(4-2-5-12)15-9-3-6-18(8-9)11-14-7-10(13)16-17-11/h7,9,15H,2-6,8H2,1H3. The van der Waals surface area contributed by atoms with E-state index in [1.165, 1.54) is 19.3 Å². The first-order valence-corrected chi connectivity index (χ1v) is 7.32. The van der Waals surface area contributed by atoms with Crippen LogP contribution in [0.3, 0.4) is 0 Å². The Labute approximate surface area is 116 Å². The largest absolute Gasteiger partial charge is 0.338 e. The molecule has 0 amide bonds. The Morgan fingerprint density at radius 1 is 1.44 bits per heavy atom. The van der Waals surface area contributed by atoms with Crippen LogP contribution >= 0.6 is 15.9 Å². The highest BCUT2D eigenvalue weighted by Gasteiger charge is 2.36. The SMILES string of the molecule is CC1(NC2CCN(c3ncc(Br)nn3)C2)CCC1. The van der Waals surface area contributed by atoms with E-state index in [0.717, 1.165) is 25.5 Å². The van der Waals surface area contributed by atoms with E-state index in [4.69, 9.17) is 0 Å². The van der Waals surface area contributed by atoms with Crippen LogP contribution in [-0.4, -0.2) is 39.9 Å². The first-order valence-electron chi connectivity index (χ1n) is 6.53. The van der Waals surface area contributed by atoms with Gasteiger partial charge in [0.05, 0.1) is 6.20 Å². The Kier molecular flexibility index (Phi) is 3.23. The molecule has 0 radical (unpaired) electrons. The molecule has 1 saturated carbocycles. The fraction of sp³-hybridized carbons (Fsp3) is 0.750. The van der Waals surface area contributed by atoms with Gasteiger partial charge in [0.1, 0.15) is 4.60 Å². The molecular formula is C12H18BrN5. The Balaban J connectivity index is 1.59. The molecule has 5 nitrogen and oxygen atoms in total. The van der Waals surface area contributed by atoms with Gasteiger partial charge in [0.25, 0.3) is 0 Å². The second-order valence-corrected chi connectivity index (χ2v) is 6.38. The van der Waals surface area contributed by atoms with Crippen molar-refractivity contribution in [3.05, 3.63) is 10.8 Å². The third kappa shape index (κ3) is 2.49. The van der Waals surface area contributed by atoms with Crippen molar-refractivity contribution < 1.29 is 0 Å². The maximum atomic E-state index is 4.30. The minimum atomic E-state index is 0.375. The normalized spacial score (nSPS) is 26.1. The molecule has 2 aliphatic rings. The van der Waals surface area contributed by atoms with Crippen molar-refractivity contribution >= 4 is 21.9 Å². The van der Waals surface area contributed by atoms with Gasteiger partial charge in [0.15, 0.2) is 0 Å². The number of hydrogen-bond acceptors (Lipinski definition) is 5. The zero-order valence-electron chi connectivity index (χ0n) is 10.6. The Hall–Kier alpha value is -0.750. The predicted molar refractivity (Wildman–Crippen MR) is 73.5 cm³/mol. The molecule has 1 aromatic heterocycles. The number of rotatable bonds is 3. The second-order valence-electron chi connectivity index (χ2n) is 5.57. The van der Waals surface area contributed by atoms with Crippen LogP contribution in [0.2, 0.25) is 0 Å². The van der Waals surface area contributed by atoms with Gasteiger partial charge >= 0.3 is 0 Å². The molecule has 98 valence electrons. The monoisotopic (exact) mass is 311 g/mol. The lowest BCUT2D eigenvalue weighted by Gasteiger charge is -2.41. The highest BCUT2D eigenvalue weighted by molar-refractivity contribution is 9.10. The van der Waals surface area contributed by atoms with E-state index < -0.39 is 0 Å². The molecule has 1 aliphatic heterocycles. The lowest BCUT2D eigenvalue weighted by atomic mass is 9.78. The molecule has 0 aromatic carbocycles. The molecule has 2 heterocycles. The summed E-state index contributed by atoms with van der Waals surface area (Å²) in [5.41, 5.74) is 0.375. The number of hydrogen-bond donors (Lipinski definition) is 1. The molecule has 2 fully saturated rings. The van der Waals surface area contributed by atoms with Gasteiger partial charge in [-0.2, -0.15) is 0 Å². The number of aromatic nitrogens is 3. The van der Waals surface area contributed by atoms with Gasteiger partial charge in [-0.1, -0.05) is 0 Å². The highest BCUT2D eigenvalue weighted by Crippen LogP contribution is 2.32. The summed E-state index contributed by atoms with van der Waals surface area (Å²) in [7, 11) is 0. The summed E-state index contributed by atoms with van der Waals surface area (Å²) in [6.07, 6.45) is 6.84. The molecule has 0 spiro atoms. The molecule has 1 saturated heterocycles. The van der Waals surface area contributed by atoms with E-state index in [9.17, 15) is 0 Å². The zero-order chi connectivity index (χ0) is 12.6. The summed E-state index contributed by atoms with van der Waals surface area (Å²) in [6, 6.07) is 0.558. The molecule has 1 N–H and O–H groups in total. The molecule has 1 unspecified atom stereocenters. The van der Waals surface area contributed by atoms with Crippen LogP contribution in [0.5, 0.6) is 0 Å². The van der Waals surface area contributed by atoms with Crippen molar-refractivity contribution in [1.29, 1.82) is 0 Å². The van der Waals surface area contributed by atoms with Crippen LogP contribution in [0, 0.1) is 0 Å². The van der Waals surface area contributed by atoms with Crippen LogP contribution in [0.1, 0.15) is 32.6 Å². The minimum absolute atomic E-state index is 0.375. The average molecular weight is 312 g/mol. The average Bonchev–Trinajstić information content (AvgIpc) is 2.76. The quantitative estimate of drug-likeness (QED) is 0.921. The maximum absolute atomic E-state index is 4.30. The van der Waals surface area contributed by atoms with Crippen molar-refractivity contribution in [3.8, 4) is 0 Å². The van der Waals surface area contributed by atoms with Crippen molar-refractivity contribution in [2.45, 2.75) is 44.2 Å². The van der Waals surface area contributed by atoms with Gasteiger partial charge < -0.3 is 10.2 Å². The van der Waals surface area contributed by atoms with Crippen LogP contribution in [-0.2, 0) is 0 Å². The first-order chi connectivity index (χ1) is 8.65. The molecule has 1 aliphatic carbocycles. The highest BCUT2D eigenvalue weighted by atomic mass is 79.9. The summed E-state index contributed by atoms with van der Waals surface area (Å²) in [6.45, 7) is 4.33. The number of halogens is 1. The second kappa shape index (κ2) is 4.74. The minimum Gasteiger partial charge on any atom is -0.338 e. The fourth-order valence-electron chi connectivity index (χ4n) is 2.80. The lowest BCUT2D eigenvalue weighted by Crippen LogP contribution is -2.53. The summed E-state index contributed by atoms with van der Waals surface area (Å²) < 4.78 is 0.683. The van der Waals surface area contributed by atoms with Gasteiger partial charge in [-0.25, -0.2) is 4.98 Å².